The topological polar surface area (TPSA) is 53.3 Å². The van der Waals surface area contributed by atoms with Crippen LogP contribution in [0, 0.1) is 17.2 Å². The number of nitriles is 1. The first-order chi connectivity index (χ1) is 7.72. The second kappa shape index (κ2) is 6.49. The summed E-state index contributed by atoms with van der Waals surface area (Å²) in [6.45, 7) is 5.92. The van der Waals surface area contributed by atoms with Crippen LogP contribution in [-0.4, -0.2) is 36.6 Å². The maximum Gasteiger partial charge on any atom is 0.323 e. The monoisotopic (exact) mass is 224 g/mol. The van der Waals surface area contributed by atoms with Gasteiger partial charge in [-0.15, -0.1) is 0 Å². The van der Waals surface area contributed by atoms with Crippen LogP contribution in [-0.2, 0) is 9.53 Å². The summed E-state index contributed by atoms with van der Waals surface area (Å²) in [6, 6.07) is 2.17. The minimum atomic E-state index is -0.125. The molecule has 1 aliphatic heterocycles. The Balaban J connectivity index is 2.49. The van der Waals surface area contributed by atoms with Crippen molar-refractivity contribution in [2.24, 2.45) is 5.92 Å². The Kier molecular flexibility index (Phi) is 5.27. The molecule has 0 spiro atoms. The van der Waals surface area contributed by atoms with Crippen molar-refractivity contribution >= 4 is 5.97 Å². The van der Waals surface area contributed by atoms with E-state index < -0.39 is 0 Å². The van der Waals surface area contributed by atoms with Crippen LogP contribution < -0.4 is 0 Å². The molecule has 1 aliphatic rings. The van der Waals surface area contributed by atoms with E-state index >= 15 is 0 Å². The van der Waals surface area contributed by atoms with Crippen molar-refractivity contribution in [2.75, 3.05) is 19.7 Å². The Morgan fingerprint density at radius 2 is 2.12 bits per heavy atom. The SMILES string of the molecule is CCOC(=O)C(CC)N1CCC(C#N)CC1. The molecule has 0 aliphatic carbocycles. The van der Waals surface area contributed by atoms with Crippen molar-refractivity contribution in [2.45, 2.75) is 39.2 Å². The number of likely N-dealkylation sites (tertiary alicyclic amines) is 1. The lowest BCUT2D eigenvalue weighted by atomic mass is 9.97. The van der Waals surface area contributed by atoms with Crippen molar-refractivity contribution in [3.05, 3.63) is 0 Å². The van der Waals surface area contributed by atoms with Gasteiger partial charge in [0.25, 0.3) is 0 Å². The zero-order chi connectivity index (χ0) is 12.0. The van der Waals surface area contributed by atoms with Crippen LogP contribution in [0.5, 0.6) is 0 Å². The van der Waals surface area contributed by atoms with Crippen LogP contribution in [0.1, 0.15) is 33.1 Å². The Morgan fingerprint density at radius 1 is 1.50 bits per heavy atom. The molecule has 4 heteroatoms. The molecule has 0 N–H and O–H groups in total. The predicted molar refractivity (Wildman–Crippen MR) is 60.6 cm³/mol. The van der Waals surface area contributed by atoms with Gasteiger partial charge in [-0.1, -0.05) is 6.92 Å². The minimum Gasteiger partial charge on any atom is -0.465 e. The van der Waals surface area contributed by atoms with Crippen LogP contribution >= 0.6 is 0 Å². The highest BCUT2D eigenvalue weighted by Crippen LogP contribution is 2.19. The second-order valence-corrected chi connectivity index (χ2v) is 4.12. The van der Waals surface area contributed by atoms with Gasteiger partial charge in [0.1, 0.15) is 6.04 Å². The maximum atomic E-state index is 11.7. The van der Waals surface area contributed by atoms with E-state index in [0.717, 1.165) is 32.4 Å². The number of carbonyl (C=O) groups is 1. The molecule has 1 heterocycles. The first kappa shape index (κ1) is 13.0. The molecule has 0 aromatic rings. The first-order valence-electron chi connectivity index (χ1n) is 6.03. The lowest BCUT2D eigenvalue weighted by Gasteiger charge is -2.33. The van der Waals surface area contributed by atoms with E-state index in [1.54, 1.807) is 0 Å². The summed E-state index contributed by atoms with van der Waals surface area (Å²) < 4.78 is 5.06. The van der Waals surface area contributed by atoms with Crippen LogP contribution in [0.15, 0.2) is 0 Å². The first-order valence-corrected chi connectivity index (χ1v) is 6.03. The molecule has 1 rings (SSSR count). The van der Waals surface area contributed by atoms with Crippen LogP contribution in [0.2, 0.25) is 0 Å². The van der Waals surface area contributed by atoms with E-state index in [-0.39, 0.29) is 17.9 Å². The Bertz CT molecular complexity index is 265. The van der Waals surface area contributed by atoms with Gasteiger partial charge < -0.3 is 4.74 Å². The Hall–Kier alpha value is -1.08. The van der Waals surface area contributed by atoms with E-state index in [1.807, 2.05) is 13.8 Å². The third-order valence-electron chi connectivity index (χ3n) is 3.10. The van der Waals surface area contributed by atoms with E-state index in [4.69, 9.17) is 10.00 Å². The lowest BCUT2D eigenvalue weighted by Crippen LogP contribution is -2.45. The number of hydrogen-bond acceptors (Lipinski definition) is 4. The summed E-state index contributed by atoms with van der Waals surface area (Å²) >= 11 is 0. The van der Waals surface area contributed by atoms with Gasteiger partial charge in [-0.2, -0.15) is 5.26 Å². The fourth-order valence-corrected chi connectivity index (χ4v) is 2.15. The van der Waals surface area contributed by atoms with Gasteiger partial charge in [-0.05, 0) is 26.2 Å². The lowest BCUT2D eigenvalue weighted by molar-refractivity contribution is -0.150. The molecule has 0 amide bonds. The van der Waals surface area contributed by atoms with E-state index in [1.165, 1.54) is 0 Å². The molecule has 1 unspecified atom stereocenters. The highest BCUT2D eigenvalue weighted by Gasteiger charge is 2.29. The van der Waals surface area contributed by atoms with Gasteiger partial charge in [0, 0.05) is 19.0 Å². The van der Waals surface area contributed by atoms with Crippen molar-refractivity contribution in [1.82, 2.24) is 4.90 Å². The van der Waals surface area contributed by atoms with E-state index in [9.17, 15) is 4.79 Å². The largest absolute Gasteiger partial charge is 0.465 e. The van der Waals surface area contributed by atoms with Crippen molar-refractivity contribution in [3.63, 3.8) is 0 Å². The summed E-state index contributed by atoms with van der Waals surface area (Å²) in [5.74, 6) is 0.0383. The van der Waals surface area contributed by atoms with E-state index in [2.05, 4.69) is 11.0 Å². The molecular formula is C12H20N2O2. The third kappa shape index (κ3) is 3.21. The smallest absolute Gasteiger partial charge is 0.323 e. The minimum absolute atomic E-state index is 0.125. The maximum absolute atomic E-state index is 11.7. The van der Waals surface area contributed by atoms with E-state index in [0.29, 0.717) is 6.61 Å². The number of esters is 1. The van der Waals surface area contributed by atoms with Gasteiger partial charge >= 0.3 is 5.97 Å². The molecule has 0 aromatic heterocycles. The normalized spacial score (nSPS) is 20.1. The molecule has 1 atom stereocenters. The van der Waals surface area contributed by atoms with Gasteiger partial charge in [0.2, 0.25) is 0 Å². The molecule has 1 fully saturated rings. The number of piperidine rings is 1. The van der Waals surface area contributed by atoms with Crippen molar-refractivity contribution in [1.29, 1.82) is 5.26 Å². The zero-order valence-electron chi connectivity index (χ0n) is 10.1. The van der Waals surface area contributed by atoms with Crippen LogP contribution in [0.25, 0.3) is 0 Å². The highest BCUT2D eigenvalue weighted by atomic mass is 16.5. The molecule has 90 valence electrons. The summed E-state index contributed by atoms with van der Waals surface area (Å²) in [7, 11) is 0. The summed E-state index contributed by atoms with van der Waals surface area (Å²) in [5.41, 5.74) is 0. The fraction of sp³-hybridized carbons (Fsp3) is 0.833. The molecule has 1 saturated heterocycles. The zero-order valence-corrected chi connectivity index (χ0v) is 10.1. The molecule has 0 aromatic carbocycles. The average molecular weight is 224 g/mol. The number of carbonyl (C=O) groups excluding carboxylic acids is 1. The Morgan fingerprint density at radius 3 is 2.56 bits per heavy atom. The molecule has 16 heavy (non-hydrogen) atoms. The van der Waals surface area contributed by atoms with Gasteiger partial charge in [-0.3, -0.25) is 9.69 Å². The number of ether oxygens (including phenoxy) is 1. The van der Waals surface area contributed by atoms with Gasteiger partial charge in [-0.25, -0.2) is 0 Å². The van der Waals surface area contributed by atoms with Crippen LogP contribution in [0.3, 0.4) is 0 Å². The van der Waals surface area contributed by atoms with Crippen molar-refractivity contribution in [3.8, 4) is 6.07 Å². The molecule has 4 nitrogen and oxygen atoms in total. The number of hydrogen-bond donors (Lipinski definition) is 0. The molecule has 0 bridgehead atoms. The summed E-state index contributed by atoms with van der Waals surface area (Å²) in [5, 5.41) is 8.81. The van der Waals surface area contributed by atoms with Gasteiger partial charge in [0.15, 0.2) is 0 Å². The molecule has 0 radical (unpaired) electrons. The standard InChI is InChI=1S/C12H20N2O2/c1-3-11(12(15)16-4-2)14-7-5-10(9-13)6-8-14/h10-11H,3-8H2,1-2H3. The van der Waals surface area contributed by atoms with Crippen LogP contribution in [0.4, 0.5) is 0 Å². The Labute approximate surface area is 97.2 Å². The van der Waals surface area contributed by atoms with Crippen molar-refractivity contribution < 1.29 is 9.53 Å². The average Bonchev–Trinajstić information content (AvgIpc) is 2.31. The molecular weight excluding hydrogens is 204 g/mol. The van der Waals surface area contributed by atoms with Gasteiger partial charge in [0.05, 0.1) is 12.7 Å². The fourth-order valence-electron chi connectivity index (χ4n) is 2.15. The quantitative estimate of drug-likeness (QED) is 0.680. The third-order valence-corrected chi connectivity index (χ3v) is 3.10. The highest BCUT2D eigenvalue weighted by molar-refractivity contribution is 5.75. The molecule has 0 saturated carbocycles. The summed E-state index contributed by atoms with van der Waals surface area (Å²) in [6.07, 6.45) is 2.51. The second-order valence-electron chi connectivity index (χ2n) is 4.12. The number of nitrogens with zero attached hydrogens (tertiary/aromatic N) is 2. The summed E-state index contributed by atoms with van der Waals surface area (Å²) in [4.78, 5) is 13.8. The number of rotatable bonds is 4. The predicted octanol–water partition coefficient (Wildman–Crippen LogP) is 1.56.